The number of ether oxygens (including phenoxy) is 1. The molecule has 200 valence electrons. The van der Waals surface area contributed by atoms with Crippen LogP contribution in [0.5, 0.6) is 0 Å². The van der Waals surface area contributed by atoms with Gasteiger partial charge in [0.15, 0.2) is 0 Å². The lowest BCUT2D eigenvalue weighted by Crippen LogP contribution is -2.54. The largest absolute Gasteiger partial charge is 0.444 e. The lowest BCUT2D eigenvalue weighted by Gasteiger charge is -2.27. The van der Waals surface area contributed by atoms with Gasteiger partial charge in [-0.15, -0.1) is 0 Å². The summed E-state index contributed by atoms with van der Waals surface area (Å²) < 4.78 is 5.38. The third-order valence-electron chi connectivity index (χ3n) is 6.48. The van der Waals surface area contributed by atoms with E-state index in [2.05, 4.69) is 22.5 Å². The minimum atomic E-state index is -1.05. The molecule has 1 aromatic carbocycles. The summed E-state index contributed by atoms with van der Waals surface area (Å²) in [6.45, 7) is 6.43. The van der Waals surface area contributed by atoms with Crippen molar-refractivity contribution >= 4 is 35.6 Å². The van der Waals surface area contributed by atoms with Gasteiger partial charge in [0, 0.05) is 31.5 Å². The van der Waals surface area contributed by atoms with Gasteiger partial charge in [0.1, 0.15) is 11.6 Å². The highest BCUT2D eigenvalue weighted by Gasteiger charge is 2.45. The van der Waals surface area contributed by atoms with E-state index < -0.39 is 35.3 Å². The predicted octanol–water partition coefficient (Wildman–Crippen LogP) is 1.20. The molecule has 0 saturated carbocycles. The normalized spacial score (nSPS) is 21.0. The molecule has 0 radical (unpaired) electrons. The van der Waals surface area contributed by atoms with Crippen LogP contribution in [0.3, 0.4) is 0 Å². The third kappa shape index (κ3) is 5.85. The van der Waals surface area contributed by atoms with Crippen molar-refractivity contribution < 1.29 is 33.5 Å². The van der Waals surface area contributed by atoms with E-state index in [1.165, 1.54) is 6.07 Å². The summed E-state index contributed by atoms with van der Waals surface area (Å²) in [6.07, 6.45) is 0.672. The molecule has 11 heteroatoms. The summed E-state index contributed by atoms with van der Waals surface area (Å²) in [6, 6.07) is 3.63. The van der Waals surface area contributed by atoms with Gasteiger partial charge >= 0.3 is 6.09 Å². The van der Waals surface area contributed by atoms with E-state index in [-0.39, 0.29) is 54.9 Å². The Morgan fingerprint density at radius 2 is 1.89 bits per heavy atom. The van der Waals surface area contributed by atoms with Gasteiger partial charge in [-0.05, 0) is 51.7 Å². The number of carbonyl (C=O) groups excluding carboxylic acids is 6. The number of imide groups is 2. The van der Waals surface area contributed by atoms with Crippen molar-refractivity contribution in [3.63, 3.8) is 0 Å². The quantitative estimate of drug-likeness (QED) is 0.447. The lowest BCUT2D eigenvalue weighted by molar-refractivity contribution is -0.136. The molecular weight excluding hydrogens is 492 g/mol. The molecule has 4 rings (SSSR count). The van der Waals surface area contributed by atoms with Crippen molar-refractivity contribution in [3.8, 4) is 11.8 Å². The van der Waals surface area contributed by atoms with E-state index in [9.17, 15) is 28.8 Å². The van der Waals surface area contributed by atoms with Gasteiger partial charge in [0.2, 0.25) is 17.7 Å². The van der Waals surface area contributed by atoms with Gasteiger partial charge in [0.25, 0.3) is 11.8 Å². The van der Waals surface area contributed by atoms with Crippen molar-refractivity contribution in [2.45, 2.75) is 58.1 Å². The number of nitrogens with zero attached hydrogens (tertiary/aromatic N) is 2. The summed E-state index contributed by atoms with van der Waals surface area (Å²) in [5, 5.41) is 4.89. The van der Waals surface area contributed by atoms with Gasteiger partial charge in [-0.1, -0.05) is 17.9 Å². The van der Waals surface area contributed by atoms with Crippen LogP contribution in [-0.4, -0.2) is 76.7 Å². The van der Waals surface area contributed by atoms with E-state index in [0.717, 1.165) is 4.90 Å². The molecular formula is C27H30N4O7. The van der Waals surface area contributed by atoms with Crippen LogP contribution in [0.15, 0.2) is 18.2 Å². The molecule has 3 aliphatic heterocycles. The molecule has 0 spiro atoms. The summed E-state index contributed by atoms with van der Waals surface area (Å²) in [5.41, 5.74) is -0.0141. The number of rotatable bonds is 4. The molecule has 6 amide bonds. The number of carbonyl (C=O) groups is 6. The Hall–Kier alpha value is -4.20. The van der Waals surface area contributed by atoms with Crippen LogP contribution in [0.1, 0.15) is 72.7 Å². The van der Waals surface area contributed by atoms with E-state index in [1.807, 2.05) is 0 Å². The maximum Gasteiger partial charge on any atom is 0.410 e. The zero-order valence-electron chi connectivity index (χ0n) is 21.6. The van der Waals surface area contributed by atoms with Gasteiger partial charge in [-0.2, -0.15) is 0 Å². The maximum absolute atomic E-state index is 13.1. The van der Waals surface area contributed by atoms with Crippen LogP contribution in [0.4, 0.5) is 4.79 Å². The van der Waals surface area contributed by atoms with Crippen molar-refractivity contribution in [1.29, 1.82) is 0 Å². The Morgan fingerprint density at radius 3 is 2.61 bits per heavy atom. The van der Waals surface area contributed by atoms with Gasteiger partial charge < -0.3 is 15.0 Å². The SMILES string of the molecule is CC(C)(C)OC(=O)N1CC[C@@H](CC(=O)NCC#Cc2cccc3c2C(=O)N(C2CCC(=O)NC2=O)C3=O)C1. The highest BCUT2D eigenvalue weighted by atomic mass is 16.6. The molecule has 11 nitrogen and oxygen atoms in total. The lowest BCUT2D eigenvalue weighted by atomic mass is 10.0. The first-order valence-corrected chi connectivity index (χ1v) is 12.5. The van der Waals surface area contributed by atoms with Crippen LogP contribution < -0.4 is 10.6 Å². The van der Waals surface area contributed by atoms with E-state index in [4.69, 9.17) is 4.74 Å². The van der Waals surface area contributed by atoms with Crippen LogP contribution >= 0.6 is 0 Å². The fourth-order valence-corrected chi connectivity index (χ4v) is 4.73. The first kappa shape index (κ1) is 26.9. The molecule has 38 heavy (non-hydrogen) atoms. The van der Waals surface area contributed by atoms with Crippen molar-refractivity contribution in [3.05, 3.63) is 34.9 Å². The molecule has 2 N–H and O–H groups in total. The minimum absolute atomic E-state index is 0.0229. The molecule has 0 bridgehead atoms. The van der Waals surface area contributed by atoms with Crippen LogP contribution in [-0.2, 0) is 19.1 Å². The second-order valence-corrected chi connectivity index (χ2v) is 10.5. The van der Waals surface area contributed by atoms with E-state index in [1.54, 1.807) is 37.8 Å². The fourth-order valence-electron chi connectivity index (χ4n) is 4.73. The predicted molar refractivity (Wildman–Crippen MR) is 134 cm³/mol. The van der Waals surface area contributed by atoms with Crippen LogP contribution in [0.2, 0.25) is 0 Å². The number of piperidine rings is 1. The maximum atomic E-state index is 13.1. The molecule has 2 atom stereocenters. The molecule has 1 aromatic rings. The van der Waals surface area contributed by atoms with Crippen molar-refractivity contribution in [2.75, 3.05) is 19.6 Å². The fraction of sp³-hybridized carbons (Fsp3) is 0.481. The zero-order chi connectivity index (χ0) is 27.6. The van der Waals surface area contributed by atoms with Gasteiger partial charge in [-0.25, -0.2) is 4.79 Å². The zero-order valence-corrected chi connectivity index (χ0v) is 21.6. The second-order valence-electron chi connectivity index (χ2n) is 10.5. The number of nitrogens with one attached hydrogen (secondary N) is 2. The monoisotopic (exact) mass is 522 g/mol. The Kier molecular flexibility index (Phi) is 7.53. The first-order valence-electron chi connectivity index (χ1n) is 12.5. The average Bonchev–Trinajstić information content (AvgIpc) is 3.39. The number of benzene rings is 1. The van der Waals surface area contributed by atoms with Crippen molar-refractivity contribution in [1.82, 2.24) is 20.4 Å². The summed E-state index contributed by atoms with van der Waals surface area (Å²) in [4.78, 5) is 76.8. The highest BCUT2D eigenvalue weighted by Crippen LogP contribution is 2.29. The Bertz CT molecular complexity index is 1270. The Morgan fingerprint density at radius 1 is 1.13 bits per heavy atom. The van der Waals surface area contributed by atoms with Crippen LogP contribution in [0.25, 0.3) is 0 Å². The van der Waals surface area contributed by atoms with Crippen molar-refractivity contribution in [2.24, 2.45) is 5.92 Å². The molecule has 2 fully saturated rings. The van der Waals surface area contributed by atoms with Gasteiger partial charge in [0.05, 0.1) is 17.7 Å². The highest BCUT2D eigenvalue weighted by molar-refractivity contribution is 6.24. The first-order chi connectivity index (χ1) is 17.9. The van der Waals surface area contributed by atoms with Gasteiger partial charge in [-0.3, -0.25) is 34.2 Å². The molecule has 3 aliphatic rings. The Labute approximate surface area is 220 Å². The summed E-state index contributed by atoms with van der Waals surface area (Å²) in [5.74, 6) is 3.12. The molecule has 1 unspecified atom stereocenters. The molecule has 2 saturated heterocycles. The van der Waals surface area contributed by atoms with E-state index >= 15 is 0 Å². The average molecular weight is 523 g/mol. The summed E-state index contributed by atoms with van der Waals surface area (Å²) in [7, 11) is 0. The smallest absolute Gasteiger partial charge is 0.410 e. The number of fused-ring (bicyclic) bond motifs is 1. The summed E-state index contributed by atoms with van der Waals surface area (Å²) >= 11 is 0. The number of likely N-dealkylation sites (tertiary alicyclic amines) is 1. The molecule has 0 aromatic heterocycles. The number of amides is 6. The minimum Gasteiger partial charge on any atom is -0.444 e. The third-order valence-corrected chi connectivity index (χ3v) is 6.48. The van der Waals surface area contributed by atoms with E-state index in [0.29, 0.717) is 25.1 Å². The second kappa shape index (κ2) is 10.7. The number of hydrogen-bond donors (Lipinski definition) is 2. The molecule has 0 aliphatic carbocycles. The molecule has 3 heterocycles. The van der Waals surface area contributed by atoms with Crippen LogP contribution in [0, 0.1) is 17.8 Å². The number of hydrogen-bond acceptors (Lipinski definition) is 7. The Balaban J connectivity index is 1.33. The topological polar surface area (TPSA) is 142 Å². The standard InChI is InChI=1S/C27H30N4O7/c1-27(2,3)38-26(37)30-13-11-16(15-30)14-21(33)28-12-5-7-17-6-4-8-18-22(17)25(36)31(24(18)35)19-9-10-20(32)29-23(19)34/h4,6,8,16,19H,9-15H2,1-3H3,(H,28,33)(H,29,32,34)/t16-,19?/m0/s1.